The second kappa shape index (κ2) is 8.82. The summed E-state index contributed by atoms with van der Waals surface area (Å²) in [6.07, 6.45) is 11.8. The molecule has 8 rings (SSSR count). The quantitative estimate of drug-likeness (QED) is 0.220. The SMILES string of the molecule is c1c[nH]c(C2(c3n[nH]nc3-c3cccs3)N(c3ccn[nH]3)N(c3ncc[nH]3)N(c3nccs3)N2c2ncco2)c1. The van der Waals surface area contributed by atoms with Crippen molar-refractivity contribution < 1.29 is 4.42 Å². The lowest BCUT2D eigenvalue weighted by Gasteiger charge is -2.39. The standard InChI is InChI=1S/C23H18N14OS2/c1-4-16(24-6-1)23(19-18(31-33-32-19)15-3-2-13-39-15)34(17-5-7-29-30-17)36(20-25-8-9-26-20)37(22-28-11-14-40-22)35(23)21-27-10-12-38-21/h1-14,24H,(H,25,26)(H,29,30)(H,31,32,33). The van der Waals surface area contributed by atoms with E-state index in [1.165, 1.54) is 17.6 Å². The molecule has 1 atom stereocenters. The van der Waals surface area contributed by atoms with E-state index in [0.717, 1.165) is 10.6 Å². The molecular formula is C23H18N14OS2. The number of nitrogens with zero attached hydrogens (tertiary/aromatic N) is 10. The molecule has 0 spiro atoms. The number of H-pyrrole nitrogens is 4. The number of nitrogens with one attached hydrogen (secondary N) is 4. The van der Waals surface area contributed by atoms with Gasteiger partial charge in [-0.1, -0.05) is 6.07 Å². The Hall–Kier alpha value is -5.42. The predicted molar refractivity (Wildman–Crippen MR) is 147 cm³/mol. The van der Waals surface area contributed by atoms with Crippen LogP contribution in [-0.4, -0.2) is 50.5 Å². The van der Waals surface area contributed by atoms with Gasteiger partial charge in [0.1, 0.15) is 23.5 Å². The van der Waals surface area contributed by atoms with Crippen LogP contribution >= 0.6 is 22.7 Å². The monoisotopic (exact) mass is 570 g/mol. The third-order valence-corrected chi connectivity index (χ3v) is 7.97. The maximum Gasteiger partial charge on any atom is 0.321 e. The number of hydrogen-bond donors (Lipinski definition) is 4. The third kappa shape index (κ3) is 3.09. The first-order chi connectivity index (χ1) is 19.9. The topological polar surface area (TPSA) is 167 Å². The van der Waals surface area contributed by atoms with Crippen molar-refractivity contribution in [1.29, 1.82) is 0 Å². The Labute approximate surface area is 232 Å². The van der Waals surface area contributed by atoms with E-state index in [1.54, 1.807) is 42.3 Å². The number of thiophene rings is 1. The number of hydrogen-bond acceptors (Lipinski definition) is 13. The van der Waals surface area contributed by atoms with Gasteiger partial charge in [-0.15, -0.1) is 32.9 Å². The number of oxazole rings is 1. The van der Waals surface area contributed by atoms with Crippen molar-refractivity contribution in [2.24, 2.45) is 0 Å². The van der Waals surface area contributed by atoms with Gasteiger partial charge in [0.05, 0.1) is 23.0 Å². The molecule has 4 N–H and O–H groups in total. The number of hydrazine groups is 3. The van der Waals surface area contributed by atoms with E-state index in [9.17, 15) is 0 Å². The second-order valence-electron chi connectivity index (χ2n) is 8.44. The molecule has 0 radical (unpaired) electrons. The minimum absolute atomic E-state index is 0.267. The van der Waals surface area contributed by atoms with E-state index in [1.807, 2.05) is 67.5 Å². The molecular weight excluding hydrogens is 552 g/mol. The highest BCUT2D eigenvalue weighted by Crippen LogP contribution is 2.53. The molecule has 7 aromatic rings. The fraction of sp³-hybridized carbons (Fsp3) is 0.0435. The molecule has 0 aromatic carbocycles. The van der Waals surface area contributed by atoms with Crippen LogP contribution in [0, 0.1) is 0 Å². The molecule has 1 saturated heterocycles. The molecule has 7 aromatic heterocycles. The molecule has 40 heavy (non-hydrogen) atoms. The van der Waals surface area contributed by atoms with E-state index in [0.29, 0.717) is 28.3 Å². The van der Waals surface area contributed by atoms with Crippen molar-refractivity contribution in [3.8, 4) is 10.6 Å². The average Bonchev–Trinajstić information content (AvgIpc) is 3.85. The summed E-state index contributed by atoms with van der Waals surface area (Å²) in [6.45, 7) is 0. The summed E-state index contributed by atoms with van der Waals surface area (Å²) >= 11 is 2.99. The highest BCUT2D eigenvalue weighted by molar-refractivity contribution is 7.13. The normalized spacial score (nSPS) is 17.4. The van der Waals surface area contributed by atoms with Crippen LogP contribution in [0.4, 0.5) is 22.9 Å². The van der Waals surface area contributed by atoms with Gasteiger partial charge < -0.3 is 14.4 Å². The van der Waals surface area contributed by atoms with Crippen LogP contribution in [-0.2, 0) is 5.66 Å². The number of rotatable bonds is 7. The van der Waals surface area contributed by atoms with Crippen molar-refractivity contribution in [1.82, 2.24) is 50.5 Å². The van der Waals surface area contributed by atoms with Gasteiger partial charge in [0.2, 0.25) is 16.7 Å². The molecule has 0 bridgehead atoms. The Balaban J connectivity index is 1.54. The fourth-order valence-electron chi connectivity index (χ4n) is 4.91. The van der Waals surface area contributed by atoms with Gasteiger partial charge in [0.25, 0.3) is 0 Å². The summed E-state index contributed by atoms with van der Waals surface area (Å²) in [4.78, 5) is 21.5. The zero-order chi connectivity index (χ0) is 26.5. The van der Waals surface area contributed by atoms with E-state index in [2.05, 4.69) is 45.4 Å². The molecule has 1 fully saturated rings. The molecule has 1 aliphatic heterocycles. The smallest absolute Gasteiger partial charge is 0.321 e. The first-order valence-corrected chi connectivity index (χ1v) is 13.7. The first-order valence-electron chi connectivity index (χ1n) is 11.9. The summed E-state index contributed by atoms with van der Waals surface area (Å²) in [6, 6.07) is 10.00. The van der Waals surface area contributed by atoms with Gasteiger partial charge in [-0.05, 0) is 23.6 Å². The van der Waals surface area contributed by atoms with Gasteiger partial charge in [-0.3, -0.25) is 5.10 Å². The maximum absolute atomic E-state index is 6.03. The third-order valence-electron chi connectivity index (χ3n) is 6.36. The minimum atomic E-state index is -1.34. The van der Waals surface area contributed by atoms with E-state index >= 15 is 0 Å². The van der Waals surface area contributed by atoms with Crippen molar-refractivity contribution >= 4 is 45.6 Å². The Kier molecular flexibility index (Phi) is 4.97. The van der Waals surface area contributed by atoms with Crippen LogP contribution in [0.1, 0.15) is 11.4 Å². The summed E-state index contributed by atoms with van der Waals surface area (Å²) in [7, 11) is 0. The van der Waals surface area contributed by atoms with Crippen molar-refractivity contribution in [2.45, 2.75) is 5.66 Å². The Morgan fingerprint density at radius 2 is 1.82 bits per heavy atom. The van der Waals surface area contributed by atoms with Crippen LogP contribution in [0.25, 0.3) is 10.6 Å². The zero-order valence-corrected chi connectivity index (χ0v) is 21.9. The molecule has 0 amide bonds. The van der Waals surface area contributed by atoms with Crippen molar-refractivity contribution in [2.75, 3.05) is 20.3 Å². The van der Waals surface area contributed by atoms with Gasteiger partial charge in [0, 0.05) is 36.2 Å². The molecule has 0 saturated carbocycles. The average molecular weight is 571 g/mol. The molecule has 8 heterocycles. The van der Waals surface area contributed by atoms with E-state index in [-0.39, 0.29) is 6.01 Å². The zero-order valence-electron chi connectivity index (χ0n) is 20.3. The highest BCUT2D eigenvalue weighted by Gasteiger charge is 2.65. The number of aromatic nitrogens is 10. The highest BCUT2D eigenvalue weighted by atomic mass is 32.1. The molecule has 1 unspecified atom stereocenters. The van der Waals surface area contributed by atoms with Gasteiger partial charge >= 0.3 is 6.01 Å². The van der Waals surface area contributed by atoms with Gasteiger partial charge in [0.15, 0.2) is 0 Å². The first kappa shape index (κ1) is 22.6. The van der Waals surface area contributed by atoms with E-state index in [4.69, 9.17) is 9.52 Å². The molecule has 17 heteroatoms. The molecule has 0 aliphatic carbocycles. The number of thiazole rings is 1. The van der Waals surface area contributed by atoms with Crippen molar-refractivity contribution in [3.05, 3.63) is 95.9 Å². The Morgan fingerprint density at radius 1 is 0.825 bits per heavy atom. The van der Waals surface area contributed by atoms with Gasteiger partial charge in [-0.25, -0.2) is 20.0 Å². The van der Waals surface area contributed by atoms with Crippen LogP contribution in [0.5, 0.6) is 0 Å². The second-order valence-corrected chi connectivity index (χ2v) is 10.3. The largest absolute Gasteiger partial charge is 0.431 e. The van der Waals surface area contributed by atoms with Crippen LogP contribution in [0.2, 0.25) is 0 Å². The molecule has 15 nitrogen and oxygen atoms in total. The number of anilines is 4. The minimum Gasteiger partial charge on any atom is -0.431 e. The van der Waals surface area contributed by atoms with Crippen molar-refractivity contribution in [3.63, 3.8) is 0 Å². The van der Waals surface area contributed by atoms with Gasteiger partial charge in [-0.2, -0.15) is 25.5 Å². The summed E-state index contributed by atoms with van der Waals surface area (Å²) < 4.78 is 6.03. The fourth-order valence-corrected chi connectivity index (χ4v) is 6.24. The maximum atomic E-state index is 6.03. The predicted octanol–water partition coefficient (Wildman–Crippen LogP) is 3.74. The number of imidazole rings is 1. The van der Waals surface area contributed by atoms with Crippen LogP contribution < -0.4 is 20.3 Å². The lowest BCUT2D eigenvalue weighted by Crippen LogP contribution is -2.56. The Bertz CT molecular complexity index is 1700. The molecule has 1 aliphatic rings. The summed E-state index contributed by atoms with van der Waals surface area (Å²) in [5.41, 5.74) is 0.584. The lowest BCUT2D eigenvalue weighted by atomic mass is 9.97. The lowest BCUT2D eigenvalue weighted by molar-refractivity contribution is 0.444. The number of aromatic amines is 4. The van der Waals surface area contributed by atoms with E-state index < -0.39 is 5.66 Å². The van der Waals surface area contributed by atoms with Crippen LogP contribution in [0.3, 0.4) is 0 Å². The summed E-state index contributed by atoms with van der Waals surface area (Å²) in [5.74, 6) is 1.10. The van der Waals surface area contributed by atoms with Crippen LogP contribution in [0.15, 0.2) is 89.0 Å². The molecule has 198 valence electrons. The Morgan fingerprint density at radius 3 is 2.52 bits per heavy atom. The summed E-state index contributed by atoms with van der Waals surface area (Å²) in [5, 5.41) is 31.7.